The first-order chi connectivity index (χ1) is 52.5. The third kappa shape index (κ3) is 17.4. The van der Waals surface area contributed by atoms with E-state index in [1.165, 1.54) is 50.2 Å². The SMILES string of the molecule is CC[C@@](C)(F)CN1[C@H](c2c(F)cc(OCCN3CC(CF)C3)cc2F)c2[nH]c3ccccc3c2C[C@H]1C.CC[C@](C)(F)CN1[C@H](c2c(F)cc(OCCN3CC(CF)C3)cc2F)c2[nH]c3ccccc3c2C[C@H]1C.C[C@@H]1Cc2c([nH]c3ccccc23)[C@@H](c2c(F)cc(OCCN3CC(CF)C3)cc2F)N1CC(C)(C)C. The lowest BCUT2D eigenvalue weighted by Crippen LogP contribution is -2.49. The van der Waals surface area contributed by atoms with Gasteiger partial charge in [-0.25, -0.2) is 35.1 Å². The number of nitrogens with one attached hydrogen (secondary N) is 3. The fourth-order valence-corrected chi connectivity index (χ4v) is 17.2. The van der Waals surface area contributed by atoms with Crippen LogP contribution in [-0.2, 0) is 19.3 Å². The molecule has 6 aliphatic heterocycles. The van der Waals surface area contributed by atoms with E-state index in [9.17, 15) is 13.2 Å². The number of nitrogens with zero attached hydrogens (tertiary/aromatic N) is 6. The van der Waals surface area contributed by atoms with Gasteiger partial charge in [0.1, 0.15) is 83.3 Å². The molecule has 0 aliphatic carbocycles. The van der Waals surface area contributed by atoms with Crippen molar-refractivity contribution in [3.8, 4) is 17.2 Å². The molecular weight excluding hydrogens is 1430 g/mol. The van der Waals surface area contributed by atoms with Gasteiger partial charge in [-0.1, -0.05) is 89.2 Å². The van der Waals surface area contributed by atoms with Gasteiger partial charge < -0.3 is 29.2 Å². The number of aromatic amines is 3. The van der Waals surface area contributed by atoms with Crippen molar-refractivity contribution in [3.63, 3.8) is 0 Å². The lowest BCUT2D eigenvalue weighted by molar-refractivity contribution is 0.0514. The van der Waals surface area contributed by atoms with E-state index in [0.717, 1.165) is 61.5 Å². The summed E-state index contributed by atoms with van der Waals surface area (Å²) in [4.78, 5) is 22.5. The number of aromatic nitrogens is 3. The summed E-state index contributed by atoms with van der Waals surface area (Å²) >= 11 is 0. The molecule has 110 heavy (non-hydrogen) atoms. The van der Waals surface area contributed by atoms with Crippen LogP contribution >= 0.6 is 0 Å². The number of H-pyrrole nitrogens is 3. The maximum Gasteiger partial charge on any atom is 0.135 e. The van der Waals surface area contributed by atoms with E-state index in [-0.39, 0.29) is 122 Å². The first-order valence-electron chi connectivity index (χ1n) is 39.2. The predicted molar refractivity (Wildman–Crippen MR) is 412 cm³/mol. The number of para-hydroxylation sites is 3. The highest BCUT2D eigenvalue weighted by atomic mass is 19.2. The van der Waals surface area contributed by atoms with Gasteiger partial charge in [0.2, 0.25) is 0 Å². The van der Waals surface area contributed by atoms with E-state index >= 15 is 35.1 Å². The van der Waals surface area contributed by atoms with Crippen LogP contribution in [0.2, 0.25) is 0 Å². The Balaban J connectivity index is 0.000000145. The maximum absolute atomic E-state index is 15.7. The number of alkyl halides is 5. The van der Waals surface area contributed by atoms with Crippen molar-refractivity contribution in [1.82, 2.24) is 44.4 Å². The molecule has 12 nitrogen and oxygen atoms in total. The van der Waals surface area contributed by atoms with Crippen LogP contribution < -0.4 is 14.2 Å². The summed E-state index contributed by atoms with van der Waals surface area (Å²) in [6.45, 7) is 25.7. The Morgan fingerprint density at radius 3 is 0.891 bits per heavy atom. The quantitative estimate of drug-likeness (QED) is 0.0484. The molecule has 6 aromatic carbocycles. The first-order valence-corrected chi connectivity index (χ1v) is 39.2. The molecule has 15 rings (SSSR count). The molecule has 3 aromatic heterocycles. The van der Waals surface area contributed by atoms with Crippen LogP contribution in [0.15, 0.2) is 109 Å². The Morgan fingerprint density at radius 1 is 0.391 bits per heavy atom. The number of ether oxygens (including phenoxy) is 3. The van der Waals surface area contributed by atoms with Crippen molar-refractivity contribution in [2.24, 2.45) is 23.2 Å². The van der Waals surface area contributed by atoms with Crippen LogP contribution in [0.5, 0.6) is 17.2 Å². The van der Waals surface area contributed by atoms with Gasteiger partial charge in [0.25, 0.3) is 0 Å². The van der Waals surface area contributed by atoms with Crippen LogP contribution in [0.1, 0.15) is 151 Å². The minimum Gasteiger partial charge on any atom is -0.492 e. The molecule has 3 fully saturated rings. The Labute approximate surface area is 639 Å². The number of hydrogen-bond donors (Lipinski definition) is 3. The number of halogens is 11. The standard InChI is InChI=1S/2C29H35F4N3O.C29H36F3N3O/c2*1-4-29(3,33)17-36-18(2)11-22-21-7-5-6-8-25(21)34-27(22)28(36)26-23(31)12-20(13-24(26)32)37-10-9-35-15-19(14-30)16-35;1-18-11-22-21-7-5-6-8-25(21)33-27(22)28(35(18)17-29(2,3)4)26-23(31)12-20(13-24(26)32)36-10-9-34-15-19(14-30)16-34/h2*5-8,12-13,18-19,28,34H,4,9-11,14-17H2,1-3H3;5-8,12-13,18-19,28,33H,9-11,14-17H2,1-4H3/t18-,28-,29+;18-,28-,29-;18-,28-/m111/s1. The van der Waals surface area contributed by atoms with Gasteiger partial charge >= 0.3 is 0 Å². The van der Waals surface area contributed by atoms with Crippen LogP contribution in [0.4, 0.5) is 48.3 Å². The summed E-state index contributed by atoms with van der Waals surface area (Å²) in [7, 11) is 0. The van der Waals surface area contributed by atoms with Gasteiger partial charge in [-0.3, -0.25) is 42.6 Å². The zero-order valence-corrected chi connectivity index (χ0v) is 64.9. The number of fused-ring (bicyclic) bond motifs is 9. The average Bonchev–Trinajstić information content (AvgIpc) is 1.56. The third-order valence-electron chi connectivity index (χ3n) is 23.5. The fourth-order valence-electron chi connectivity index (χ4n) is 17.2. The Hall–Kier alpha value is -7.67. The molecule has 6 aliphatic rings. The summed E-state index contributed by atoms with van der Waals surface area (Å²) < 4.78 is 180. The predicted octanol–water partition coefficient (Wildman–Crippen LogP) is 18.5. The van der Waals surface area contributed by atoms with E-state index in [4.69, 9.17) is 14.2 Å². The highest BCUT2D eigenvalue weighted by Crippen LogP contribution is 2.48. The largest absolute Gasteiger partial charge is 0.492 e. The minimum absolute atomic E-state index is 0.0515. The molecule has 0 bridgehead atoms. The Kier molecular flexibility index (Phi) is 24.5. The molecule has 0 amide bonds. The second-order valence-corrected chi connectivity index (χ2v) is 33.5. The summed E-state index contributed by atoms with van der Waals surface area (Å²) in [6.07, 6.45) is 2.71. The second kappa shape index (κ2) is 33.6. The number of rotatable bonds is 25. The molecule has 23 heteroatoms. The summed E-state index contributed by atoms with van der Waals surface area (Å²) in [6, 6.07) is 28.9. The van der Waals surface area contributed by atoms with Crippen LogP contribution in [0.3, 0.4) is 0 Å². The molecule has 9 heterocycles. The fraction of sp³-hybridized carbons (Fsp3) is 0.517. The van der Waals surface area contributed by atoms with Crippen molar-refractivity contribution >= 4 is 32.7 Å². The van der Waals surface area contributed by atoms with E-state index in [2.05, 4.69) is 58.5 Å². The highest BCUT2D eigenvalue weighted by Gasteiger charge is 2.46. The Bertz CT molecular complexity index is 4390. The molecule has 9 aromatic rings. The number of likely N-dealkylation sites (tertiary alicyclic amines) is 3. The van der Waals surface area contributed by atoms with E-state index in [0.29, 0.717) is 109 Å². The molecule has 594 valence electrons. The molecule has 0 saturated carbocycles. The van der Waals surface area contributed by atoms with E-state index in [1.54, 1.807) is 13.8 Å². The van der Waals surface area contributed by atoms with Crippen LogP contribution in [0, 0.1) is 58.1 Å². The van der Waals surface area contributed by atoms with E-state index < -0.39 is 64.4 Å². The van der Waals surface area contributed by atoms with Crippen molar-refractivity contribution in [2.45, 2.75) is 149 Å². The normalized spacial score (nSPS) is 22.2. The molecule has 3 saturated heterocycles. The van der Waals surface area contributed by atoms with Gasteiger partial charge in [-0.2, -0.15) is 0 Å². The lowest BCUT2D eigenvalue weighted by Gasteiger charge is -2.44. The number of hydrogen-bond acceptors (Lipinski definition) is 9. The maximum atomic E-state index is 15.7. The van der Waals surface area contributed by atoms with Gasteiger partial charge in [0, 0.05) is 217 Å². The zero-order chi connectivity index (χ0) is 78.3. The van der Waals surface area contributed by atoms with Gasteiger partial charge in [-0.15, -0.1) is 0 Å². The molecule has 0 unspecified atom stereocenters. The third-order valence-corrected chi connectivity index (χ3v) is 23.5. The van der Waals surface area contributed by atoms with Crippen molar-refractivity contribution in [2.75, 3.05) is 118 Å². The summed E-state index contributed by atoms with van der Waals surface area (Å²) in [5.74, 6) is -3.44. The van der Waals surface area contributed by atoms with Crippen LogP contribution in [-0.4, -0.2) is 192 Å². The topological polar surface area (TPSA) is 94.5 Å². The van der Waals surface area contributed by atoms with Crippen LogP contribution in [0.25, 0.3) is 32.7 Å². The molecular formula is C87H106F11N9O3. The molecule has 3 N–H and O–H groups in total. The average molecular weight is 1530 g/mol. The summed E-state index contributed by atoms with van der Waals surface area (Å²) in [5, 5.41) is 3.16. The van der Waals surface area contributed by atoms with Crippen molar-refractivity contribution < 1.29 is 62.5 Å². The van der Waals surface area contributed by atoms with E-state index in [1.807, 2.05) is 100 Å². The van der Waals surface area contributed by atoms with Gasteiger partial charge in [0.05, 0.1) is 38.1 Å². The Morgan fingerprint density at radius 2 is 0.645 bits per heavy atom. The summed E-state index contributed by atoms with van der Waals surface area (Å²) in [5.41, 5.74) is 4.99. The molecule has 8 atom stereocenters. The molecule has 0 radical (unpaired) electrons. The number of benzene rings is 6. The van der Waals surface area contributed by atoms with Gasteiger partial charge in [-0.05, 0) is 107 Å². The van der Waals surface area contributed by atoms with Crippen molar-refractivity contribution in [3.05, 3.63) is 195 Å². The zero-order valence-electron chi connectivity index (χ0n) is 64.9. The smallest absolute Gasteiger partial charge is 0.135 e. The lowest BCUT2D eigenvalue weighted by atomic mass is 9.85. The second-order valence-electron chi connectivity index (χ2n) is 33.5. The minimum atomic E-state index is -1.51. The highest BCUT2D eigenvalue weighted by molar-refractivity contribution is 5.87. The molecule has 0 spiro atoms. The monoisotopic (exact) mass is 1530 g/mol. The van der Waals surface area contributed by atoms with Crippen molar-refractivity contribution in [1.29, 1.82) is 0 Å². The first kappa shape index (κ1) is 80.4. The van der Waals surface area contributed by atoms with Gasteiger partial charge in [0.15, 0.2) is 0 Å².